The Labute approximate surface area is 122 Å². The van der Waals surface area contributed by atoms with Crippen LogP contribution in [-0.2, 0) is 9.53 Å². The molecule has 2 N–H and O–H groups in total. The lowest BCUT2D eigenvalue weighted by atomic mass is 10.3. The molecule has 0 bridgehead atoms. The summed E-state index contributed by atoms with van der Waals surface area (Å²) in [6.07, 6.45) is -0.0935. The zero-order chi connectivity index (χ0) is 14.5. The quantitative estimate of drug-likeness (QED) is 0.807. The second-order valence-corrected chi connectivity index (χ2v) is 5.72. The Hall–Kier alpha value is -1.40. The monoisotopic (exact) mass is 297 g/mol. The average molecular weight is 297 g/mol. The summed E-state index contributed by atoms with van der Waals surface area (Å²) < 4.78 is 10.8. The van der Waals surface area contributed by atoms with Crippen LogP contribution in [-0.4, -0.2) is 41.0 Å². The fourth-order valence-corrected chi connectivity index (χ4v) is 3.16. The predicted octanol–water partition coefficient (Wildman–Crippen LogP) is 1.75. The maximum absolute atomic E-state index is 11.6. The van der Waals surface area contributed by atoms with Crippen molar-refractivity contribution in [2.24, 2.45) is 0 Å². The summed E-state index contributed by atoms with van der Waals surface area (Å²) in [6.45, 7) is 4.14. The minimum Gasteiger partial charge on any atom is -0.508 e. The third-order valence-electron chi connectivity index (χ3n) is 2.96. The Kier molecular flexibility index (Phi) is 5.14. The lowest BCUT2D eigenvalue weighted by molar-refractivity contribution is -0.144. The number of hydrogen-bond acceptors (Lipinski definition) is 6. The molecule has 2 unspecified atom stereocenters. The Morgan fingerprint density at radius 3 is 2.85 bits per heavy atom. The summed E-state index contributed by atoms with van der Waals surface area (Å²) in [7, 11) is 0. The molecule has 0 spiro atoms. The van der Waals surface area contributed by atoms with Crippen LogP contribution in [0.1, 0.15) is 13.8 Å². The molecule has 0 aliphatic carbocycles. The van der Waals surface area contributed by atoms with E-state index >= 15 is 0 Å². The molecule has 0 saturated carbocycles. The first kappa shape index (κ1) is 15.0. The molecule has 1 aromatic carbocycles. The zero-order valence-corrected chi connectivity index (χ0v) is 12.4. The molecule has 6 heteroatoms. The number of carbonyl (C=O) groups excluding carboxylic acids is 1. The minimum absolute atomic E-state index is 0.0400. The summed E-state index contributed by atoms with van der Waals surface area (Å²) in [6, 6.07) is 6.33. The summed E-state index contributed by atoms with van der Waals surface area (Å²) in [4.78, 5) is 11.6. The van der Waals surface area contributed by atoms with Crippen LogP contribution in [0.2, 0.25) is 0 Å². The minimum atomic E-state index is -0.268. The van der Waals surface area contributed by atoms with Gasteiger partial charge < -0.3 is 14.6 Å². The van der Waals surface area contributed by atoms with E-state index < -0.39 is 0 Å². The standard InChI is InChI=1S/C14H19NO4S/c1-3-18-14(17)12-8-20-13(15-12)9(2)19-11-6-4-10(16)5-7-11/h4-7,9,12-13,15-16H,3,8H2,1-2H3/t9?,12-,13?/m0/s1. The van der Waals surface area contributed by atoms with Crippen LogP contribution in [0.4, 0.5) is 0 Å². The highest BCUT2D eigenvalue weighted by atomic mass is 32.2. The van der Waals surface area contributed by atoms with E-state index in [9.17, 15) is 9.90 Å². The van der Waals surface area contributed by atoms with Gasteiger partial charge in [-0.1, -0.05) is 0 Å². The maximum Gasteiger partial charge on any atom is 0.324 e. The topological polar surface area (TPSA) is 67.8 Å². The van der Waals surface area contributed by atoms with Crippen molar-refractivity contribution in [1.82, 2.24) is 5.32 Å². The van der Waals surface area contributed by atoms with Crippen LogP contribution >= 0.6 is 11.8 Å². The molecule has 0 aromatic heterocycles. The average Bonchev–Trinajstić information content (AvgIpc) is 2.91. The van der Waals surface area contributed by atoms with Gasteiger partial charge in [0.05, 0.1) is 12.0 Å². The highest BCUT2D eigenvalue weighted by molar-refractivity contribution is 8.00. The van der Waals surface area contributed by atoms with E-state index in [2.05, 4.69) is 5.32 Å². The molecule has 1 aliphatic rings. The smallest absolute Gasteiger partial charge is 0.324 e. The Morgan fingerprint density at radius 1 is 1.50 bits per heavy atom. The molecule has 1 fully saturated rings. The summed E-state index contributed by atoms with van der Waals surface area (Å²) >= 11 is 1.65. The van der Waals surface area contributed by atoms with Crippen LogP contribution < -0.4 is 10.1 Å². The van der Waals surface area contributed by atoms with Crippen molar-refractivity contribution < 1.29 is 19.4 Å². The number of carbonyl (C=O) groups is 1. The van der Waals surface area contributed by atoms with E-state index in [4.69, 9.17) is 9.47 Å². The van der Waals surface area contributed by atoms with Crippen LogP contribution in [0.15, 0.2) is 24.3 Å². The number of esters is 1. The third-order valence-corrected chi connectivity index (χ3v) is 4.37. The number of phenols is 1. The van der Waals surface area contributed by atoms with Gasteiger partial charge in [0.2, 0.25) is 0 Å². The second kappa shape index (κ2) is 6.85. The first-order chi connectivity index (χ1) is 9.60. The lowest BCUT2D eigenvalue weighted by Crippen LogP contribution is -2.43. The molecule has 1 saturated heterocycles. The van der Waals surface area contributed by atoms with E-state index in [1.807, 2.05) is 6.92 Å². The maximum atomic E-state index is 11.6. The van der Waals surface area contributed by atoms with Crippen LogP contribution in [0, 0.1) is 0 Å². The number of hydrogen-bond donors (Lipinski definition) is 2. The van der Waals surface area contributed by atoms with Crippen molar-refractivity contribution in [1.29, 1.82) is 0 Å². The first-order valence-corrected chi connectivity index (χ1v) is 7.65. The fourth-order valence-electron chi connectivity index (χ4n) is 1.95. The number of aromatic hydroxyl groups is 1. The van der Waals surface area contributed by atoms with E-state index in [1.165, 1.54) is 0 Å². The zero-order valence-electron chi connectivity index (χ0n) is 11.5. The highest BCUT2D eigenvalue weighted by Crippen LogP contribution is 2.26. The van der Waals surface area contributed by atoms with Gasteiger partial charge >= 0.3 is 5.97 Å². The molecule has 5 nitrogen and oxygen atoms in total. The molecule has 1 heterocycles. The molecule has 20 heavy (non-hydrogen) atoms. The number of thioether (sulfide) groups is 1. The molecule has 1 aromatic rings. The van der Waals surface area contributed by atoms with Crippen LogP contribution in [0.3, 0.4) is 0 Å². The summed E-state index contributed by atoms with van der Waals surface area (Å²) in [5.41, 5.74) is 0. The number of benzene rings is 1. The molecule has 3 atom stereocenters. The first-order valence-electron chi connectivity index (χ1n) is 6.60. The number of ether oxygens (including phenoxy) is 2. The van der Waals surface area contributed by atoms with Crippen molar-refractivity contribution in [3.8, 4) is 11.5 Å². The van der Waals surface area contributed by atoms with E-state index in [1.54, 1.807) is 43.0 Å². The molecular weight excluding hydrogens is 278 g/mol. The van der Waals surface area contributed by atoms with Crippen molar-refractivity contribution in [2.45, 2.75) is 31.4 Å². The van der Waals surface area contributed by atoms with E-state index in [0.717, 1.165) is 0 Å². The van der Waals surface area contributed by atoms with Gasteiger partial charge in [-0.3, -0.25) is 10.1 Å². The number of nitrogens with one attached hydrogen (secondary N) is 1. The van der Waals surface area contributed by atoms with Crippen molar-refractivity contribution >= 4 is 17.7 Å². The van der Waals surface area contributed by atoms with Crippen LogP contribution in [0.25, 0.3) is 0 Å². The normalized spacial score (nSPS) is 23.3. The van der Waals surface area contributed by atoms with Crippen molar-refractivity contribution in [3.63, 3.8) is 0 Å². The molecule has 0 amide bonds. The predicted molar refractivity (Wildman–Crippen MR) is 78.0 cm³/mol. The van der Waals surface area contributed by atoms with Crippen molar-refractivity contribution in [2.75, 3.05) is 12.4 Å². The van der Waals surface area contributed by atoms with Crippen LogP contribution in [0.5, 0.6) is 11.5 Å². The summed E-state index contributed by atoms with van der Waals surface area (Å²) in [5, 5.41) is 12.5. The SMILES string of the molecule is CCOC(=O)[C@@H]1CSC(C(C)Oc2ccc(O)cc2)N1. The van der Waals surface area contributed by atoms with Gasteiger partial charge in [-0.05, 0) is 38.1 Å². The molecule has 2 rings (SSSR count). The molecule has 110 valence electrons. The van der Waals surface area contributed by atoms with Gasteiger partial charge in [0, 0.05) is 5.75 Å². The van der Waals surface area contributed by atoms with Gasteiger partial charge in [0.25, 0.3) is 0 Å². The number of phenolic OH excluding ortho intramolecular Hbond substituents is 1. The van der Waals surface area contributed by atoms with Gasteiger partial charge in [0.1, 0.15) is 23.6 Å². The third kappa shape index (κ3) is 3.80. The molecular formula is C14H19NO4S. The Balaban J connectivity index is 1.86. The van der Waals surface area contributed by atoms with Gasteiger partial charge in [-0.2, -0.15) is 0 Å². The highest BCUT2D eigenvalue weighted by Gasteiger charge is 2.34. The largest absolute Gasteiger partial charge is 0.508 e. The molecule has 1 aliphatic heterocycles. The lowest BCUT2D eigenvalue weighted by Gasteiger charge is -2.21. The molecule has 0 radical (unpaired) electrons. The second-order valence-electron chi connectivity index (χ2n) is 4.54. The van der Waals surface area contributed by atoms with E-state index in [-0.39, 0.29) is 29.2 Å². The number of rotatable bonds is 5. The fraction of sp³-hybridized carbons (Fsp3) is 0.500. The van der Waals surface area contributed by atoms with Gasteiger partial charge in [-0.25, -0.2) is 0 Å². The Morgan fingerprint density at radius 2 is 2.20 bits per heavy atom. The summed E-state index contributed by atoms with van der Waals surface area (Å²) in [5.74, 6) is 1.38. The van der Waals surface area contributed by atoms with Gasteiger partial charge in [0.15, 0.2) is 0 Å². The van der Waals surface area contributed by atoms with Gasteiger partial charge in [-0.15, -0.1) is 11.8 Å². The van der Waals surface area contributed by atoms with E-state index in [0.29, 0.717) is 18.1 Å². The van der Waals surface area contributed by atoms with Crippen molar-refractivity contribution in [3.05, 3.63) is 24.3 Å². The Bertz CT molecular complexity index is 451.